The van der Waals surface area contributed by atoms with Gasteiger partial charge >= 0.3 is 6.09 Å². The van der Waals surface area contributed by atoms with Crippen LogP contribution in [0.15, 0.2) is 23.4 Å². The first kappa shape index (κ1) is 11.7. The van der Waals surface area contributed by atoms with Gasteiger partial charge in [0.25, 0.3) is 5.91 Å². The minimum Gasteiger partial charge on any atom is -0.465 e. The largest absolute Gasteiger partial charge is 0.465 e. The van der Waals surface area contributed by atoms with Crippen LogP contribution in [0.4, 0.5) is 4.79 Å². The van der Waals surface area contributed by atoms with Crippen molar-refractivity contribution in [1.29, 1.82) is 0 Å². The molecule has 0 saturated heterocycles. The average molecular weight is 222 g/mol. The number of hydrogen-bond acceptors (Lipinski definition) is 4. The molecule has 2 amide bonds. The number of carbonyl (C=O) groups is 2. The first-order valence-corrected chi connectivity index (χ1v) is 4.37. The van der Waals surface area contributed by atoms with E-state index in [-0.39, 0.29) is 5.56 Å². The number of hydrogen-bond donors (Lipinski definition) is 3. The molecule has 6 nitrogen and oxygen atoms in total. The zero-order chi connectivity index (χ0) is 12.1. The first-order valence-electron chi connectivity index (χ1n) is 4.37. The summed E-state index contributed by atoms with van der Waals surface area (Å²) in [7, 11) is 0. The third-order valence-corrected chi connectivity index (χ3v) is 1.92. The van der Waals surface area contributed by atoms with Gasteiger partial charge in [0, 0.05) is 5.56 Å². The highest BCUT2D eigenvalue weighted by atomic mass is 16.4. The molecule has 0 fully saturated rings. The summed E-state index contributed by atoms with van der Waals surface area (Å²) >= 11 is 0. The summed E-state index contributed by atoms with van der Waals surface area (Å²) in [5, 5.41) is 21.3. The van der Waals surface area contributed by atoms with E-state index in [4.69, 9.17) is 10.3 Å². The molecule has 1 aromatic carbocycles. The minimum absolute atomic E-state index is 0.262. The normalized spacial score (nSPS) is 10.3. The highest BCUT2D eigenvalue weighted by Gasteiger charge is 2.11. The van der Waals surface area contributed by atoms with Crippen molar-refractivity contribution in [3.8, 4) is 0 Å². The molecule has 0 atom stereocenters. The van der Waals surface area contributed by atoms with Crippen molar-refractivity contribution in [2.24, 2.45) is 5.16 Å². The van der Waals surface area contributed by atoms with Crippen LogP contribution in [-0.4, -0.2) is 28.5 Å². The molecule has 1 aromatic rings. The molecule has 0 aliphatic heterocycles. The fraction of sp³-hybridized carbons (Fsp3) is 0.100. The number of carboxylic acid groups (broad SMARTS) is 1. The SMILES string of the molecule is Cc1cc(C=NO)ccc1C(=O)NC(=O)O. The molecule has 6 heteroatoms. The highest BCUT2D eigenvalue weighted by molar-refractivity contribution is 6.03. The van der Waals surface area contributed by atoms with Crippen LogP contribution in [0.5, 0.6) is 0 Å². The van der Waals surface area contributed by atoms with Gasteiger partial charge in [-0.25, -0.2) is 4.79 Å². The second-order valence-electron chi connectivity index (χ2n) is 3.08. The Morgan fingerprint density at radius 3 is 2.62 bits per heavy atom. The molecule has 0 aromatic heterocycles. The molecule has 0 radical (unpaired) electrons. The number of nitrogens with one attached hydrogen (secondary N) is 1. The molecule has 1 rings (SSSR count). The lowest BCUT2D eigenvalue weighted by Crippen LogP contribution is -2.29. The lowest BCUT2D eigenvalue weighted by atomic mass is 10.1. The zero-order valence-electron chi connectivity index (χ0n) is 8.47. The summed E-state index contributed by atoms with van der Waals surface area (Å²) < 4.78 is 0. The Kier molecular flexibility index (Phi) is 3.60. The smallest absolute Gasteiger partial charge is 0.411 e. The van der Waals surface area contributed by atoms with E-state index in [1.165, 1.54) is 12.3 Å². The Hall–Kier alpha value is -2.37. The molecule has 3 N–H and O–H groups in total. The minimum atomic E-state index is -1.40. The van der Waals surface area contributed by atoms with Crippen LogP contribution >= 0.6 is 0 Å². The lowest BCUT2D eigenvalue weighted by Gasteiger charge is -2.04. The van der Waals surface area contributed by atoms with Crippen LogP contribution in [0.1, 0.15) is 21.5 Å². The monoisotopic (exact) mass is 222 g/mol. The van der Waals surface area contributed by atoms with Crippen LogP contribution in [0.3, 0.4) is 0 Å². The number of rotatable bonds is 2. The molecule has 0 bridgehead atoms. The predicted molar refractivity (Wildman–Crippen MR) is 56.1 cm³/mol. The van der Waals surface area contributed by atoms with Gasteiger partial charge in [0.2, 0.25) is 0 Å². The maximum atomic E-state index is 11.4. The second-order valence-corrected chi connectivity index (χ2v) is 3.08. The summed E-state index contributed by atoms with van der Waals surface area (Å²) in [6, 6.07) is 4.62. The first-order chi connectivity index (χ1) is 7.54. The molecular weight excluding hydrogens is 212 g/mol. The lowest BCUT2D eigenvalue weighted by molar-refractivity contribution is 0.0947. The number of aryl methyl sites for hydroxylation is 1. The van der Waals surface area contributed by atoms with Gasteiger partial charge in [0.05, 0.1) is 6.21 Å². The maximum Gasteiger partial charge on any atom is 0.411 e. The fourth-order valence-corrected chi connectivity index (χ4v) is 1.25. The Bertz CT molecular complexity index is 454. The van der Waals surface area contributed by atoms with Crippen molar-refractivity contribution < 1.29 is 19.9 Å². The Labute approximate surface area is 91.2 Å². The van der Waals surface area contributed by atoms with Crippen molar-refractivity contribution in [2.45, 2.75) is 6.92 Å². The molecular formula is C10H10N2O4. The third kappa shape index (κ3) is 2.81. The van der Waals surface area contributed by atoms with Crippen LogP contribution < -0.4 is 5.32 Å². The number of amides is 2. The quantitative estimate of drug-likeness (QED) is 0.398. The van der Waals surface area contributed by atoms with Crippen molar-refractivity contribution in [3.05, 3.63) is 34.9 Å². The van der Waals surface area contributed by atoms with Gasteiger partial charge in [-0.2, -0.15) is 0 Å². The topological polar surface area (TPSA) is 99.0 Å². The van der Waals surface area contributed by atoms with Gasteiger partial charge in [-0.15, -0.1) is 0 Å². The predicted octanol–water partition coefficient (Wildman–Crippen LogP) is 1.21. The van der Waals surface area contributed by atoms with Crippen molar-refractivity contribution in [2.75, 3.05) is 0 Å². The van der Waals surface area contributed by atoms with E-state index in [9.17, 15) is 9.59 Å². The summed E-state index contributed by atoms with van der Waals surface area (Å²) in [5.41, 5.74) is 1.47. The van der Waals surface area contributed by atoms with Gasteiger partial charge in [0.1, 0.15) is 0 Å². The summed E-state index contributed by atoms with van der Waals surface area (Å²) in [6.45, 7) is 1.66. The van der Waals surface area contributed by atoms with Crippen LogP contribution in [0.25, 0.3) is 0 Å². The summed E-state index contributed by atoms with van der Waals surface area (Å²) in [4.78, 5) is 21.6. The van der Waals surface area contributed by atoms with E-state index in [0.29, 0.717) is 11.1 Å². The van der Waals surface area contributed by atoms with E-state index < -0.39 is 12.0 Å². The van der Waals surface area contributed by atoms with Crippen LogP contribution in [0.2, 0.25) is 0 Å². The number of carbonyl (C=O) groups excluding carboxylic acids is 1. The van der Waals surface area contributed by atoms with Crippen molar-refractivity contribution in [1.82, 2.24) is 5.32 Å². The van der Waals surface area contributed by atoms with E-state index in [2.05, 4.69) is 5.16 Å². The number of imide groups is 1. The van der Waals surface area contributed by atoms with E-state index in [0.717, 1.165) is 0 Å². The number of nitrogens with zero attached hydrogens (tertiary/aromatic N) is 1. The molecule has 0 spiro atoms. The molecule has 0 aliphatic rings. The fourth-order valence-electron chi connectivity index (χ4n) is 1.25. The summed E-state index contributed by atoms with van der Waals surface area (Å²) in [6.07, 6.45) is -0.184. The molecule has 0 unspecified atom stereocenters. The second kappa shape index (κ2) is 4.92. The third-order valence-electron chi connectivity index (χ3n) is 1.92. The zero-order valence-corrected chi connectivity index (χ0v) is 8.47. The van der Waals surface area contributed by atoms with Gasteiger partial charge in [-0.1, -0.05) is 11.2 Å². The van der Waals surface area contributed by atoms with Gasteiger partial charge < -0.3 is 10.3 Å². The number of benzene rings is 1. The van der Waals surface area contributed by atoms with Gasteiger partial charge in [0.15, 0.2) is 0 Å². The van der Waals surface area contributed by atoms with Crippen molar-refractivity contribution >= 4 is 18.2 Å². The summed E-state index contributed by atoms with van der Waals surface area (Å²) in [5.74, 6) is -0.683. The van der Waals surface area contributed by atoms with Gasteiger partial charge in [-0.05, 0) is 30.2 Å². The highest BCUT2D eigenvalue weighted by Crippen LogP contribution is 2.09. The van der Waals surface area contributed by atoms with Crippen molar-refractivity contribution in [3.63, 3.8) is 0 Å². The van der Waals surface area contributed by atoms with E-state index in [1.807, 2.05) is 0 Å². The van der Waals surface area contributed by atoms with E-state index in [1.54, 1.807) is 24.4 Å². The van der Waals surface area contributed by atoms with E-state index >= 15 is 0 Å². The van der Waals surface area contributed by atoms with Crippen LogP contribution in [0, 0.1) is 6.92 Å². The van der Waals surface area contributed by atoms with Crippen LogP contribution in [-0.2, 0) is 0 Å². The number of oxime groups is 1. The Morgan fingerprint density at radius 1 is 1.44 bits per heavy atom. The molecule has 0 aliphatic carbocycles. The van der Waals surface area contributed by atoms with Gasteiger partial charge in [-0.3, -0.25) is 10.1 Å². The molecule has 0 heterocycles. The maximum absolute atomic E-state index is 11.4. The molecule has 84 valence electrons. The molecule has 16 heavy (non-hydrogen) atoms. The average Bonchev–Trinajstić information content (AvgIpc) is 2.16. The Morgan fingerprint density at radius 2 is 2.12 bits per heavy atom. The molecule has 0 saturated carbocycles. The Balaban J connectivity index is 2.98. The standard InChI is InChI=1S/C10H10N2O4/c1-6-4-7(5-11-16)2-3-8(6)9(13)12-10(14)15/h2-5,16H,1H3,(H,12,13)(H,14,15).